The van der Waals surface area contributed by atoms with Crippen molar-refractivity contribution < 1.29 is 9.13 Å². The van der Waals surface area contributed by atoms with E-state index in [9.17, 15) is 4.39 Å². The van der Waals surface area contributed by atoms with Crippen LogP contribution >= 0.6 is 0 Å². The summed E-state index contributed by atoms with van der Waals surface area (Å²) in [5.41, 5.74) is -0.954. The first kappa shape index (κ1) is 11.3. The number of nitrogens with zero attached hydrogens (tertiary/aromatic N) is 1. The lowest BCUT2D eigenvalue weighted by Gasteiger charge is -2.35. The van der Waals surface area contributed by atoms with E-state index in [-0.39, 0.29) is 0 Å². The third-order valence-electron chi connectivity index (χ3n) is 3.60. The van der Waals surface area contributed by atoms with Gasteiger partial charge < -0.3 is 9.64 Å². The minimum atomic E-state index is -0.954. The van der Waals surface area contributed by atoms with Crippen molar-refractivity contribution in [1.29, 1.82) is 0 Å². The summed E-state index contributed by atoms with van der Waals surface area (Å²) >= 11 is 0. The number of likely N-dealkylation sites (tertiary alicyclic amines) is 1. The van der Waals surface area contributed by atoms with Gasteiger partial charge in [-0.05, 0) is 51.6 Å². The first-order valence-electron chi connectivity index (χ1n) is 6.15. The summed E-state index contributed by atoms with van der Waals surface area (Å²) in [6.07, 6.45) is 4.11. The molecule has 0 N–H and O–H groups in total. The van der Waals surface area contributed by atoms with Crippen LogP contribution in [0.5, 0.6) is 0 Å². The lowest BCUT2D eigenvalue weighted by atomic mass is 9.96. The second kappa shape index (κ2) is 4.79. The Morgan fingerprint density at radius 2 is 2.40 bits per heavy atom. The van der Waals surface area contributed by atoms with Crippen LogP contribution in [0, 0.1) is 5.92 Å². The van der Waals surface area contributed by atoms with Crippen molar-refractivity contribution in [1.82, 2.24) is 4.90 Å². The molecule has 0 unspecified atom stereocenters. The molecule has 0 aliphatic carbocycles. The molecule has 2 aliphatic heterocycles. The highest BCUT2D eigenvalue weighted by Crippen LogP contribution is 2.25. The summed E-state index contributed by atoms with van der Waals surface area (Å²) < 4.78 is 19.1. The molecule has 88 valence electrons. The van der Waals surface area contributed by atoms with E-state index < -0.39 is 5.67 Å². The van der Waals surface area contributed by atoms with Crippen LogP contribution in [0.25, 0.3) is 0 Å². The summed E-state index contributed by atoms with van der Waals surface area (Å²) in [4.78, 5) is 2.28. The molecule has 15 heavy (non-hydrogen) atoms. The van der Waals surface area contributed by atoms with Gasteiger partial charge in [0, 0.05) is 19.8 Å². The van der Waals surface area contributed by atoms with Gasteiger partial charge in [0.1, 0.15) is 5.67 Å². The first-order valence-corrected chi connectivity index (χ1v) is 6.15. The second-order valence-electron chi connectivity index (χ2n) is 5.31. The monoisotopic (exact) mass is 215 g/mol. The molecule has 0 spiro atoms. The zero-order chi connectivity index (χ0) is 10.7. The van der Waals surface area contributed by atoms with E-state index in [2.05, 4.69) is 4.90 Å². The lowest BCUT2D eigenvalue weighted by Crippen LogP contribution is -2.44. The highest BCUT2D eigenvalue weighted by atomic mass is 19.1. The van der Waals surface area contributed by atoms with E-state index in [0.717, 1.165) is 45.1 Å². The van der Waals surface area contributed by atoms with Gasteiger partial charge in [0.05, 0.1) is 0 Å². The molecule has 2 atom stereocenters. The number of alkyl halides is 1. The number of rotatable bonds is 3. The Bertz CT molecular complexity index is 202. The molecule has 2 heterocycles. The Kier molecular flexibility index (Phi) is 3.62. The maximum Gasteiger partial charge on any atom is 0.120 e. The fourth-order valence-electron chi connectivity index (χ4n) is 2.66. The minimum Gasteiger partial charge on any atom is -0.381 e. The van der Waals surface area contributed by atoms with Crippen molar-refractivity contribution >= 4 is 0 Å². The fraction of sp³-hybridized carbons (Fsp3) is 1.00. The van der Waals surface area contributed by atoms with Crippen LogP contribution in [-0.2, 0) is 4.74 Å². The number of hydrogen-bond donors (Lipinski definition) is 0. The maximum atomic E-state index is 13.8. The smallest absolute Gasteiger partial charge is 0.120 e. The molecule has 3 heteroatoms. The molecule has 0 bridgehead atoms. The van der Waals surface area contributed by atoms with E-state index in [4.69, 9.17) is 4.74 Å². The van der Waals surface area contributed by atoms with Crippen LogP contribution in [0.4, 0.5) is 4.39 Å². The van der Waals surface area contributed by atoms with Crippen molar-refractivity contribution in [2.45, 2.75) is 38.3 Å². The van der Waals surface area contributed by atoms with Gasteiger partial charge >= 0.3 is 0 Å². The summed E-state index contributed by atoms with van der Waals surface area (Å²) in [6, 6.07) is 0. The van der Waals surface area contributed by atoms with E-state index in [1.807, 2.05) is 0 Å². The molecule has 0 saturated carbocycles. The van der Waals surface area contributed by atoms with Crippen molar-refractivity contribution in [2.24, 2.45) is 5.92 Å². The molecule has 0 aromatic carbocycles. The summed E-state index contributed by atoms with van der Waals surface area (Å²) in [5.74, 6) is 0.720. The standard InChI is InChI=1S/C12H22FNO/c1-12(13)5-2-6-14(10-12)7-3-11-4-8-15-9-11/h11H,2-10H2,1H3/t11-,12+/m1/s1. The highest BCUT2D eigenvalue weighted by Gasteiger charge is 2.30. The number of hydrogen-bond acceptors (Lipinski definition) is 2. The number of piperidine rings is 1. The molecular weight excluding hydrogens is 193 g/mol. The van der Waals surface area contributed by atoms with Gasteiger partial charge in [0.25, 0.3) is 0 Å². The van der Waals surface area contributed by atoms with Crippen LogP contribution in [0.15, 0.2) is 0 Å². The van der Waals surface area contributed by atoms with Crippen molar-refractivity contribution in [3.8, 4) is 0 Å². The normalized spacial score (nSPS) is 38.4. The van der Waals surface area contributed by atoms with E-state index in [0.29, 0.717) is 6.54 Å². The largest absolute Gasteiger partial charge is 0.381 e. The van der Waals surface area contributed by atoms with Gasteiger partial charge in [0.2, 0.25) is 0 Å². The quantitative estimate of drug-likeness (QED) is 0.716. The Balaban J connectivity index is 1.69. The van der Waals surface area contributed by atoms with Gasteiger partial charge in [0.15, 0.2) is 0 Å². The SMILES string of the molecule is C[C@]1(F)CCCN(CC[C@@H]2CCOC2)C1. The molecule has 0 amide bonds. The predicted molar refractivity (Wildman–Crippen MR) is 58.7 cm³/mol. The highest BCUT2D eigenvalue weighted by molar-refractivity contribution is 4.83. The average molecular weight is 215 g/mol. The maximum absolute atomic E-state index is 13.8. The summed E-state index contributed by atoms with van der Waals surface area (Å²) in [5, 5.41) is 0. The van der Waals surface area contributed by atoms with E-state index in [1.165, 1.54) is 12.8 Å². The van der Waals surface area contributed by atoms with Crippen molar-refractivity contribution in [3.63, 3.8) is 0 Å². The van der Waals surface area contributed by atoms with Gasteiger partial charge in [-0.15, -0.1) is 0 Å². The van der Waals surface area contributed by atoms with Crippen LogP contribution in [0.3, 0.4) is 0 Å². The zero-order valence-corrected chi connectivity index (χ0v) is 9.67. The fourth-order valence-corrected chi connectivity index (χ4v) is 2.66. The van der Waals surface area contributed by atoms with Crippen molar-refractivity contribution in [3.05, 3.63) is 0 Å². The number of ether oxygens (including phenoxy) is 1. The zero-order valence-electron chi connectivity index (χ0n) is 9.67. The van der Waals surface area contributed by atoms with Crippen LogP contribution in [-0.4, -0.2) is 43.4 Å². The third kappa shape index (κ3) is 3.42. The van der Waals surface area contributed by atoms with Gasteiger partial charge in [-0.25, -0.2) is 4.39 Å². The minimum absolute atomic E-state index is 0.626. The summed E-state index contributed by atoms with van der Waals surface area (Å²) in [7, 11) is 0. The Hall–Kier alpha value is -0.150. The molecule has 0 aromatic rings. The average Bonchev–Trinajstić information content (AvgIpc) is 2.65. The van der Waals surface area contributed by atoms with Gasteiger partial charge in [-0.2, -0.15) is 0 Å². The third-order valence-corrected chi connectivity index (χ3v) is 3.60. The Morgan fingerprint density at radius 1 is 1.53 bits per heavy atom. The molecule has 0 radical (unpaired) electrons. The van der Waals surface area contributed by atoms with Crippen LogP contribution < -0.4 is 0 Å². The lowest BCUT2D eigenvalue weighted by molar-refractivity contribution is 0.0568. The Labute approximate surface area is 91.8 Å². The summed E-state index contributed by atoms with van der Waals surface area (Å²) in [6.45, 7) is 6.32. The topological polar surface area (TPSA) is 12.5 Å². The Morgan fingerprint density at radius 3 is 3.07 bits per heavy atom. The van der Waals surface area contributed by atoms with Crippen LogP contribution in [0.2, 0.25) is 0 Å². The molecule has 2 aliphatic rings. The molecule has 2 nitrogen and oxygen atoms in total. The van der Waals surface area contributed by atoms with E-state index >= 15 is 0 Å². The predicted octanol–water partition coefficient (Wildman–Crippen LogP) is 2.24. The number of halogens is 1. The first-order chi connectivity index (χ1) is 7.16. The van der Waals surface area contributed by atoms with Gasteiger partial charge in [-0.3, -0.25) is 0 Å². The molecule has 2 fully saturated rings. The van der Waals surface area contributed by atoms with Crippen molar-refractivity contribution in [2.75, 3.05) is 32.8 Å². The van der Waals surface area contributed by atoms with Gasteiger partial charge in [-0.1, -0.05) is 0 Å². The molecule has 2 saturated heterocycles. The second-order valence-corrected chi connectivity index (χ2v) is 5.31. The molecule has 0 aromatic heterocycles. The molecule has 2 rings (SSSR count). The van der Waals surface area contributed by atoms with Crippen LogP contribution in [0.1, 0.15) is 32.6 Å². The molecular formula is C12H22FNO. The van der Waals surface area contributed by atoms with E-state index in [1.54, 1.807) is 6.92 Å².